The van der Waals surface area contributed by atoms with E-state index in [2.05, 4.69) is 6.07 Å². The molecule has 22 heavy (non-hydrogen) atoms. The van der Waals surface area contributed by atoms with Gasteiger partial charge < -0.3 is 0 Å². The average Bonchev–Trinajstić information content (AvgIpc) is 3.24. The average molecular weight is 332 g/mol. The van der Waals surface area contributed by atoms with E-state index in [-0.39, 0.29) is 10.8 Å². The number of aryl methyl sites for hydroxylation is 1. The Morgan fingerprint density at radius 1 is 1.05 bits per heavy atom. The van der Waals surface area contributed by atoms with Crippen molar-refractivity contribution in [1.82, 2.24) is 0 Å². The summed E-state index contributed by atoms with van der Waals surface area (Å²) < 4.78 is 25.5. The van der Waals surface area contributed by atoms with E-state index < -0.39 is 21.0 Å². The summed E-state index contributed by atoms with van der Waals surface area (Å²) in [6.07, 6.45) is 0. The number of hydrogen-bond donors (Lipinski definition) is 0. The summed E-state index contributed by atoms with van der Waals surface area (Å²) in [5.74, 6) is -0.791. The molecule has 1 saturated carbocycles. The molecule has 0 spiro atoms. The summed E-state index contributed by atoms with van der Waals surface area (Å²) in [7, 11) is -3.51. The van der Waals surface area contributed by atoms with Gasteiger partial charge >= 0.3 is 0 Å². The zero-order valence-corrected chi connectivity index (χ0v) is 13.5. The quantitative estimate of drug-likeness (QED) is 0.861. The fraction of sp³-hybridized carbons (Fsp3) is 0.235. The highest BCUT2D eigenvalue weighted by Crippen LogP contribution is 2.53. The minimum atomic E-state index is -3.51. The molecule has 112 valence electrons. The van der Waals surface area contributed by atoms with Crippen LogP contribution in [-0.2, 0) is 9.84 Å². The summed E-state index contributed by atoms with van der Waals surface area (Å²) in [6, 6.07) is 15.9. The summed E-state index contributed by atoms with van der Waals surface area (Å²) in [5.41, 5.74) is 1.84. The van der Waals surface area contributed by atoms with E-state index in [4.69, 9.17) is 11.6 Å². The SMILES string of the molecule is Cc1ccc(S(=O)(=O)[C@@H]2[C@H](C#N)[C@@H]2c2ccc(Cl)cc2)cc1. The summed E-state index contributed by atoms with van der Waals surface area (Å²) in [6.45, 7) is 1.90. The molecule has 0 bridgehead atoms. The Labute approximate surface area is 135 Å². The number of rotatable bonds is 3. The second-order valence-electron chi connectivity index (χ2n) is 5.55. The number of benzene rings is 2. The molecule has 0 heterocycles. The predicted molar refractivity (Wildman–Crippen MR) is 85.4 cm³/mol. The molecule has 0 radical (unpaired) electrons. The van der Waals surface area contributed by atoms with Crippen molar-refractivity contribution < 1.29 is 8.42 Å². The van der Waals surface area contributed by atoms with Crippen LogP contribution >= 0.6 is 11.6 Å². The molecule has 2 aromatic carbocycles. The fourth-order valence-electron chi connectivity index (χ4n) is 2.79. The largest absolute Gasteiger partial charge is 0.223 e. The molecule has 0 N–H and O–H groups in total. The van der Waals surface area contributed by atoms with Gasteiger partial charge in [0.15, 0.2) is 9.84 Å². The van der Waals surface area contributed by atoms with Crippen molar-refractivity contribution in [2.75, 3.05) is 0 Å². The van der Waals surface area contributed by atoms with Crippen molar-refractivity contribution in [3.05, 3.63) is 64.7 Å². The Kier molecular flexibility index (Phi) is 3.72. The van der Waals surface area contributed by atoms with Crippen LogP contribution in [0.15, 0.2) is 53.4 Å². The Morgan fingerprint density at radius 2 is 1.64 bits per heavy atom. The molecule has 2 aromatic rings. The molecule has 0 aromatic heterocycles. The van der Waals surface area contributed by atoms with Gasteiger partial charge in [-0.15, -0.1) is 0 Å². The summed E-state index contributed by atoms with van der Waals surface area (Å²) in [5, 5.41) is 9.19. The summed E-state index contributed by atoms with van der Waals surface area (Å²) in [4.78, 5) is 0.278. The highest BCUT2D eigenvalue weighted by atomic mass is 35.5. The number of sulfone groups is 1. The number of hydrogen-bond acceptors (Lipinski definition) is 3. The maximum absolute atomic E-state index is 12.7. The van der Waals surface area contributed by atoms with Gasteiger partial charge in [-0.2, -0.15) is 5.26 Å². The first-order chi connectivity index (χ1) is 10.4. The molecule has 1 aliphatic carbocycles. The molecule has 3 nitrogen and oxygen atoms in total. The van der Waals surface area contributed by atoms with Gasteiger partial charge in [-0.05, 0) is 36.8 Å². The van der Waals surface area contributed by atoms with Gasteiger partial charge in [0, 0.05) is 10.9 Å². The van der Waals surface area contributed by atoms with Crippen molar-refractivity contribution in [2.24, 2.45) is 5.92 Å². The third-order valence-electron chi connectivity index (χ3n) is 4.07. The van der Waals surface area contributed by atoms with Gasteiger partial charge in [-0.3, -0.25) is 0 Å². The molecule has 0 amide bonds. The van der Waals surface area contributed by atoms with Gasteiger partial charge in [-0.1, -0.05) is 41.4 Å². The Balaban J connectivity index is 1.95. The van der Waals surface area contributed by atoms with E-state index >= 15 is 0 Å². The number of halogens is 1. The molecule has 0 unspecified atom stereocenters. The van der Waals surface area contributed by atoms with E-state index in [0.717, 1.165) is 11.1 Å². The highest BCUT2D eigenvalue weighted by molar-refractivity contribution is 7.92. The van der Waals surface area contributed by atoms with Crippen molar-refractivity contribution in [3.63, 3.8) is 0 Å². The van der Waals surface area contributed by atoms with E-state index in [9.17, 15) is 13.7 Å². The maximum Gasteiger partial charge on any atom is 0.183 e. The van der Waals surface area contributed by atoms with Gasteiger partial charge in [0.1, 0.15) is 0 Å². The second kappa shape index (κ2) is 5.42. The lowest BCUT2D eigenvalue weighted by atomic mass is 10.1. The van der Waals surface area contributed by atoms with Crippen molar-refractivity contribution in [3.8, 4) is 6.07 Å². The van der Waals surface area contributed by atoms with E-state index in [1.165, 1.54) is 0 Å². The smallest absolute Gasteiger partial charge is 0.183 e. The first kappa shape index (κ1) is 15.1. The van der Waals surface area contributed by atoms with E-state index in [1.54, 1.807) is 48.5 Å². The molecule has 0 saturated heterocycles. The van der Waals surface area contributed by atoms with E-state index in [1.807, 2.05) is 6.92 Å². The van der Waals surface area contributed by atoms with Crippen LogP contribution in [0, 0.1) is 24.2 Å². The lowest BCUT2D eigenvalue weighted by Gasteiger charge is -2.04. The molecule has 1 aliphatic rings. The minimum Gasteiger partial charge on any atom is -0.223 e. The lowest BCUT2D eigenvalue weighted by Crippen LogP contribution is -2.10. The van der Waals surface area contributed by atoms with Crippen LogP contribution in [0.1, 0.15) is 17.0 Å². The molecule has 5 heteroatoms. The standard InChI is InChI=1S/C17H14ClNO2S/c1-11-2-8-14(9-3-11)22(20,21)17-15(10-19)16(17)12-4-6-13(18)7-5-12/h2-9,15-17H,1H3/t15-,16+,17-/m1/s1. The zero-order chi connectivity index (χ0) is 15.9. The van der Waals surface area contributed by atoms with Crippen LogP contribution in [0.5, 0.6) is 0 Å². The molecule has 0 aliphatic heterocycles. The van der Waals surface area contributed by atoms with Crippen molar-refractivity contribution >= 4 is 21.4 Å². The maximum atomic E-state index is 12.7. The third-order valence-corrected chi connectivity index (χ3v) is 6.55. The van der Waals surface area contributed by atoms with Gasteiger partial charge in [0.05, 0.1) is 22.1 Å². The van der Waals surface area contributed by atoms with Crippen LogP contribution in [0.3, 0.4) is 0 Å². The van der Waals surface area contributed by atoms with E-state index in [0.29, 0.717) is 5.02 Å². The Bertz CT molecular complexity index is 836. The monoisotopic (exact) mass is 331 g/mol. The van der Waals surface area contributed by atoms with Crippen LogP contribution in [0.25, 0.3) is 0 Å². The van der Waals surface area contributed by atoms with Gasteiger partial charge in [0.25, 0.3) is 0 Å². The minimum absolute atomic E-state index is 0.278. The van der Waals surface area contributed by atoms with Crippen LogP contribution in [0.4, 0.5) is 0 Å². The van der Waals surface area contributed by atoms with Gasteiger partial charge in [-0.25, -0.2) is 8.42 Å². The van der Waals surface area contributed by atoms with Gasteiger partial charge in [0.2, 0.25) is 0 Å². The molecule has 3 rings (SSSR count). The predicted octanol–water partition coefficient (Wildman–Crippen LogP) is 3.73. The van der Waals surface area contributed by atoms with Crippen molar-refractivity contribution in [2.45, 2.75) is 23.0 Å². The fourth-order valence-corrected chi connectivity index (χ4v) is 4.98. The zero-order valence-electron chi connectivity index (χ0n) is 11.9. The second-order valence-corrected chi connectivity index (χ2v) is 8.10. The molecule has 1 fully saturated rings. The molecular formula is C17H14ClNO2S. The third kappa shape index (κ3) is 2.51. The van der Waals surface area contributed by atoms with Crippen LogP contribution in [0.2, 0.25) is 5.02 Å². The molecule has 3 atom stereocenters. The first-order valence-electron chi connectivity index (χ1n) is 6.91. The highest BCUT2D eigenvalue weighted by Gasteiger charge is 2.59. The Hall–Kier alpha value is -1.83. The normalized spacial score (nSPS) is 23.8. The van der Waals surface area contributed by atoms with Crippen LogP contribution in [-0.4, -0.2) is 13.7 Å². The molecular weight excluding hydrogens is 318 g/mol. The Morgan fingerprint density at radius 3 is 2.18 bits per heavy atom. The topological polar surface area (TPSA) is 57.9 Å². The lowest BCUT2D eigenvalue weighted by molar-refractivity contribution is 0.593. The van der Waals surface area contributed by atoms with Crippen molar-refractivity contribution in [1.29, 1.82) is 5.26 Å². The van der Waals surface area contributed by atoms with Crippen LogP contribution < -0.4 is 0 Å². The number of nitriles is 1. The summed E-state index contributed by atoms with van der Waals surface area (Å²) >= 11 is 5.86. The number of nitrogens with zero attached hydrogens (tertiary/aromatic N) is 1. The first-order valence-corrected chi connectivity index (χ1v) is 8.83.